The highest BCUT2D eigenvalue weighted by Gasteiger charge is 2.29. The van der Waals surface area contributed by atoms with E-state index in [1.54, 1.807) is 0 Å². The van der Waals surface area contributed by atoms with Gasteiger partial charge in [-0.25, -0.2) is 0 Å². The Balaban J connectivity index is 2.20. The molecule has 1 aromatic rings. The lowest BCUT2D eigenvalue weighted by molar-refractivity contribution is -0.144. The minimum atomic E-state index is -0.803. The lowest BCUT2D eigenvalue weighted by atomic mass is 10.0. The van der Waals surface area contributed by atoms with E-state index in [9.17, 15) is 9.90 Å². The van der Waals surface area contributed by atoms with Gasteiger partial charge in [0, 0.05) is 26.2 Å². The molecule has 1 fully saturated rings. The van der Waals surface area contributed by atoms with Crippen LogP contribution in [0.1, 0.15) is 18.5 Å². The zero-order chi connectivity index (χ0) is 14.5. The van der Waals surface area contributed by atoms with Crippen LogP contribution in [0.3, 0.4) is 0 Å². The number of carbonyl (C=O) groups is 1. The van der Waals surface area contributed by atoms with Crippen molar-refractivity contribution >= 4 is 5.97 Å². The number of carboxylic acids is 1. The first-order chi connectivity index (χ1) is 9.61. The van der Waals surface area contributed by atoms with Gasteiger partial charge in [-0.3, -0.25) is 9.69 Å². The number of nitrogens with zero attached hydrogens (tertiary/aromatic N) is 2. The van der Waals surface area contributed by atoms with Gasteiger partial charge in [0.05, 0.1) is 6.61 Å². The van der Waals surface area contributed by atoms with Crippen LogP contribution in [0.2, 0.25) is 0 Å². The maximum Gasteiger partial charge on any atom is 0.325 e. The molecule has 0 aromatic heterocycles. The summed E-state index contributed by atoms with van der Waals surface area (Å²) < 4.78 is 5.46. The van der Waals surface area contributed by atoms with E-state index >= 15 is 0 Å². The molecular weight excluding hydrogens is 256 g/mol. The van der Waals surface area contributed by atoms with Gasteiger partial charge in [0.15, 0.2) is 0 Å². The number of aliphatic carboxylic acids is 1. The number of benzene rings is 1. The van der Waals surface area contributed by atoms with Crippen molar-refractivity contribution in [3.8, 4) is 5.75 Å². The average Bonchev–Trinajstić information content (AvgIpc) is 2.42. The van der Waals surface area contributed by atoms with Crippen molar-refractivity contribution in [2.45, 2.75) is 13.0 Å². The second-order valence-corrected chi connectivity index (χ2v) is 5.09. The third-order valence-electron chi connectivity index (χ3n) is 3.62. The Morgan fingerprint density at radius 2 is 2.05 bits per heavy atom. The molecule has 0 bridgehead atoms. The van der Waals surface area contributed by atoms with Gasteiger partial charge in [0.25, 0.3) is 0 Å². The van der Waals surface area contributed by atoms with Crippen molar-refractivity contribution in [2.24, 2.45) is 0 Å². The Morgan fingerprint density at radius 3 is 2.65 bits per heavy atom. The number of carboxylic acid groups (broad SMARTS) is 1. The van der Waals surface area contributed by atoms with E-state index in [-0.39, 0.29) is 0 Å². The van der Waals surface area contributed by atoms with Crippen molar-refractivity contribution in [2.75, 3.05) is 39.8 Å². The van der Waals surface area contributed by atoms with E-state index in [1.165, 1.54) is 0 Å². The molecule has 1 aromatic carbocycles. The van der Waals surface area contributed by atoms with Crippen LogP contribution in [-0.2, 0) is 4.79 Å². The summed E-state index contributed by atoms with van der Waals surface area (Å²) in [6.45, 7) is 5.83. The van der Waals surface area contributed by atoms with E-state index in [1.807, 2.05) is 36.1 Å². The third-order valence-corrected chi connectivity index (χ3v) is 3.62. The second-order valence-electron chi connectivity index (χ2n) is 5.09. The van der Waals surface area contributed by atoms with Crippen molar-refractivity contribution < 1.29 is 14.6 Å². The minimum absolute atomic E-state index is 0.579. The zero-order valence-corrected chi connectivity index (χ0v) is 12.1. The second kappa shape index (κ2) is 6.72. The van der Waals surface area contributed by atoms with E-state index in [0.29, 0.717) is 6.61 Å². The topological polar surface area (TPSA) is 53.0 Å². The van der Waals surface area contributed by atoms with Crippen LogP contribution in [0, 0.1) is 0 Å². The Kier molecular flexibility index (Phi) is 4.98. The molecule has 0 saturated carbocycles. The van der Waals surface area contributed by atoms with E-state index in [4.69, 9.17) is 4.74 Å². The van der Waals surface area contributed by atoms with Crippen LogP contribution in [-0.4, -0.2) is 60.7 Å². The van der Waals surface area contributed by atoms with E-state index in [0.717, 1.165) is 37.5 Å². The lowest BCUT2D eigenvalue weighted by Gasteiger charge is -2.36. The summed E-state index contributed by atoms with van der Waals surface area (Å²) in [5.74, 6) is -0.0754. The van der Waals surface area contributed by atoms with Gasteiger partial charge in [0.2, 0.25) is 0 Å². The standard InChI is InChI=1S/C15H22N2O3/c1-3-20-13-6-4-5-12(11-13)14(15(18)19)17-9-7-16(2)8-10-17/h4-6,11,14H,3,7-10H2,1-2H3,(H,18,19). The third kappa shape index (κ3) is 3.49. The summed E-state index contributed by atoms with van der Waals surface area (Å²) in [5.41, 5.74) is 0.785. The summed E-state index contributed by atoms with van der Waals surface area (Å²) in [6, 6.07) is 6.81. The molecule has 0 spiro atoms. The van der Waals surface area contributed by atoms with Gasteiger partial charge >= 0.3 is 5.97 Å². The molecular formula is C15H22N2O3. The van der Waals surface area contributed by atoms with Crippen LogP contribution >= 0.6 is 0 Å². The highest BCUT2D eigenvalue weighted by atomic mass is 16.5. The first-order valence-electron chi connectivity index (χ1n) is 7.00. The number of hydrogen-bond acceptors (Lipinski definition) is 4. The monoisotopic (exact) mass is 278 g/mol. The van der Waals surface area contributed by atoms with Gasteiger partial charge in [-0.1, -0.05) is 12.1 Å². The summed E-state index contributed by atoms with van der Waals surface area (Å²) in [6.07, 6.45) is 0. The summed E-state index contributed by atoms with van der Waals surface area (Å²) in [5, 5.41) is 9.57. The summed E-state index contributed by atoms with van der Waals surface area (Å²) in [7, 11) is 2.06. The normalized spacial score (nSPS) is 18.7. The first kappa shape index (κ1) is 14.8. The van der Waals surface area contributed by atoms with Crippen LogP contribution in [0.5, 0.6) is 5.75 Å². The molecule has 1 unspecified atom stereocenters. The molecule has 1 N–H and O–H groups in total. The molecule has 0 amide bonds. The van der Waals surface area contributed by atoms with Crippen molar-refractivity contribution in [3.63, 3.8) is 0 Å². The van der Waals surface area contributed by atoms with Crippen molar-refractivity contribution in [1.82, 2.24) is 9.80 Å². The minimum Gasteiger partial charge on any atom is -0.494 e. The SMILES string of the molecule is CCOc1cccc(C(C(=O)O)N2CCN(C)CC2)c1. The van der Waals surface area contributed by atoms with E-state index < -0.39 is 12.0 Å². The fourth-order valence-corrected chi connectivity index (χ4v) is 2.53. The molecule has 1 atom stereocenters. The average molecular weight is 278 g/mol. The number of hydrogen-bond donors (Lipinski definition) is 1. The molecule has 5 nitrogen and oxygen atoms in total. The van der Waals surface area contributed by atoms with Crippen molar-refractivity contribution in [1.29, 1.82) is 0 Å². The maximum atomic E-state index is 11.7. The highest BCUT2D eigenvalue weighted by molar-refractivity contribution is 5.75. The van der Waals surface area contributed by atoms with Crippen molar-refractivity contribution in [3.05, 3.63) is 29.8 Å². The maximum absolute atomic E-state index is 11.7. The predicted octanol–water partition coefficient (Wildman–Crippen LogP) is 1.46. The van der Waals surface area contributed by atoms with Gasteiger partial charge in [-0.15, -0.1) is 0 Å². The summed E-state index contributed by atoms with van der Waals surface area (Å²) >= 11 is 0. The van der Waals surface area contributed by atoms with Crippen LogP contribution in [0.4, 0.5) is 0 Å². The Bertz CT molecular complexity index is 456. The zero-order valence-electron chi connectivity index (χ0n) is 12.1. The molecule has 20 heavy (non-hydrogen) atoms. The quantitative estimate of drug-likeness (QED) is 0.883. The molecule has 110 valence electrons. The van der Waals surface area contributed by atoms with Gasteiger partial charge in [-0.2, -0.15) is 0 Å². The predicted molar refractivity (Wildman–Crippen MR) is 77.1 cm³/mol. The van der Waals surface area contributed by atoms with Crippen LogP contribution < -0.4 is 4.74 Å². The molecule has 0 radical (unpaired) electrons. The number of piperazine rings is 1. The van der Waals surface area contributed by atoms with Crippen LogP contribution in [0.15, 0.2) is 24.3 Å². The molecule has 1 aliphatic heterocycles. The van der Waals surface area contributed by atoms with E-state index in [2.05, 4.69) is 11.9 Å². The number of likely N-dealkylation sites (N-methyl/N-ethyl adjacent to an activating group) is 1. The molecule has 2 rings (SSSR count). The Labute approximate surface area is 119 Å². The van der Waals surface area contributed by atoms with Gasteiger partial charge in [-0.05, 0) is 31.7 Å². The first-order valence-corrected chi connectivity index (χ1v) is 7.00. The molecule has 5 heteroatoms. The van der Waals surface area contributed by atoms with Gasteiger partial charge < -0.3 is 14.7 Å². The highest BCUT2D eigenvalue weighted by Crippen LogP contribution is 2.25. The number of ether oxygens (including phenoxy) is 1. The Morgan fingerprint density at radius 1 is 1.35 bits per heavy atom. The molecule has 0 aliphatic carbocycles. The van der Waals surface area contributed by atoms with Gasteiger partial charge in [0.1, 0.15) is 11.8 Å². The summed E-state index contributed by atoms with van der Waals surface area (Å²) in [4.78, 5) is 15.9. The fraction of sp³-hybridized carbons (Fsp3) is 0.533. The molecule has 1 heterocycles. The lowest BCUT2D eigenvalue weighted by Crippen LogP contribution is -2.47. The number of rotatable bonds is 5. The molecule has 1 saturated heterocycles. The largest absolute Gasteiger partial charge is 0.494 e. The fourth-order valence-electron chi connectivity index (χ4n) is 2.53. The van der Waals surface area contributed by atoms with Crippen LogP contribution in [0.25, 0.3) is 0 Å². The smallest absolute Gasteiger partial charge is 0.325 e. The molecule has 1 aliphatic rings. The Hall–Kier alpha value is -1.59.